The first-order valence-corrected chi connectivity index (χ1v) is 9.19. The third kappa shape index (κ3) is 3.36. The normalized spacial score (nSPS) is 15.4. The van der Waals surface area contributed by atoms with Crippen molar-refractivity contribution >= 4 is 30.0 Å². The summed E-state index contributed by atoms with van der Waals surface area (Å²) < 4.78 is 0. The zero-order valence-corrected chi connectivity index (χ0v) is 15.8. The van der Waals surface area contributed by atoms with Crippen LogP contribution in [-0.4, -0.2) is 24.7 Å². The molecule has 7 N–H and O–H groups in total. The predicted octanol–water partition coefficient (Wildman–Crippen LogP) is 1.88. The summed E-state index contributed by atoms with van der Waals surface area (Å²) in [5.74, 6) is 0.0291. The van der Waals surface area contributed by atoms with E-state index in [0.29, 0.717) is 30.6 Å². The summed E-state index contributed by atoms with van der Waals surface area (Å²) in [6.07, 6.45) is 3.20. The molecule has 28 heavy (non-hydrogen) atoms. The molecule has 7 heteroatoms. The van der Waals surface area contributed by atoms with Crippen LogP contribution in [0.1, 0.15) is 35.6 Å². The Morgan fingerprint density at radius 3 is 1.89 bits per heavy atom. The Morgan fingerprint density at radius 1 is 1.07 bits per heavy atom. The molecule has 1 aliphatic rings. The maximum atomic E-state index is 10.9. The van der Waals surface area contributed by atoms with Crippen molar-refractivity contribution in [2.24, 2.45) is 11.5 Å². The van der Waals surface area contributed by atoms with Crippen LogP contribution in [0.2, 0.25) is 0 Å². The minimum Gasteiger partial charge on any atom is -0.387 e. The van der Waals surface area contributed by atoms with Crippen LogP contribution in [0, 0.1) is 5.41 Å². The van der Waals surface area contributed by atoms with Gasteiger partial charge in [-0.25, -0.2) is 0 Å². The monoisotopic (exact) mass is 379 g/mol. The highest BCUT2D eigenvalue weighted by molar-refractivity contribution is 5.94. The molecule has 0 aromatic heterocycles. The lowest BCUT2D eigenvalue weighted by Gasteiger charge is -2.37. The minimum atomic E-state index is -0.866. The molecule has 7 nitrogen and oxygen atoms in total. The number of aryl methyl sites for hydroxylation is 2. The number of hydrogen-bond acceptors (Lipinski definition) is 4. The zero-order chi connectivity index (χ0) is 20.3. The largest absolute Gasteiger partial charge is 0.387 e. The van der Waals surface area contributed by atoms with Crippen LogP contribution >= 0.6 is 0 Å². The highest BCUT2D eigenvalue weighted by Crippen LogP contribution is 2.44. The molecular formula is C21H25N5O2. The van der Waals surface area contributed by atoms with Gasteiger partial charge >= 0.3 is 0 Å². The Labute approximate surface area is 164 Å². The number of carbonyl (C=O) groups is 2. The zero-order valence-electron chi connectivity index (χ0n) is 15.8. The number of nitrogens with two attached hydrogens (primary N) is 2. The van der Waals surface area contributed by atoms with Crippen molar-refractivity contribution in [3.8, 4) is 0 Å². The van der Waals surface area contributed by atoms with Gasteiger partial charge in [0.15, 0.2) is 0 Å². The highest BCUT2D eigenvalue weighted by Gasteiger charge is 2.43. The fourth-order valence-corrected chi connectivity index (χ4v) is 4.27. The number of nitrogens with one attached hydrogen (secondary N) is 3. The molecule has 0 unspecified atom stereocenters. The van der Waals surface area contributed by atoms with Gasteiger partial charge in [0.2, 0.25) is 12.8 Å². The van der Waals surface area contributed by atoms with E-state index in [0.717, 1.165) is 35.1 Å². The molecule has 0 saturated carbocycles. The van der Waals surface area contributed by atoms with Gasteiger partial charge in [-0.3, -0.25) is 15.0 Å². The van der Waals surface area contributed by atoms with E-state index in [-0.39, 0.29) is 11.9 Å². The summed E-state index contributed by atoms with van der Waals surface area (Å²) in [5, 5.41) is 13.9. The van der Waals surface area contributed by atoms with Crippen LogP contribution in [0.25, 0.3) is 0 Å². The summed E-state index contributed by atoms with van der Waals surface area (Å²) in [7, 11) is 0. The molecule has 0 radical (unpaired) electrons. The third-order valence-corrected chi connectivity index (χ3v) is 5.33. The van der Waals surface area contributed by atoms with Gasteiger partial charge in [-0.15, -0.1) is 0 Å². The SMILES string of the molecule is C[C@@H](N)CC1(C(=N)N)c2ccc(NC=O)cc2CCc2cc(NC=O)ccc21. The first kappa shape index (κ1) is 19.6. The maximum absolute atomic E-state index is 10.9. The average molecular weight is 379 g/mol. The quantitative estimate of drug-likeness (QED) is 0.285. The van der Waals surface area contributed by atoms with Crippen molar-refractivity contribution in [1.82, 2.24) is 0 Å². The van der Waals surface area contributed by atoms with Gasteiger partial charge in [0, 0.05) is 17.4 Å². The molecule has 3 rings (SSSR count). The van der Waals surface area contributed by atoms with Crippen LogP contribution in [-0.2, 0) is 27.8 Å². The van der Waals surface area contributed by atoms with E-state index in [1.165, 1.54) is 0 Å². The van der Waals surface area contributed by atoms with E-state index in [2.05, 4.69) is 10.6 Å². The number of anilines is 2. The molecule has 2 aromatic rings. The van der Waals surface area contributed by atoms with Crippen LogP contribution in [0.3, 0.4) is 0 Å². The number of amides is 2. The van der Waals surface area contributed by atoms with Crippen LogP contribution in [0.15, 0.2) is 36.4 Å². The van der Waals surface area contributed by atoms with Crippen LogP contribution in [0.4, 0.5) is 11.4 Å². The Hall–Kier alpha value is -3.19. The minimum absolute atomic E-state index is 0.0291. The van der Waals surface area contributed by atoms with Crippen molar-refractivity contribution in [2.75, 3.05) is 10.6 Å². The van der Waals surface area contributed by atoms with Crippen molar-refractivity contribution in [3.63, 3.8) is 0 Å². The Bertz CT molecular complexity index is 862. The lowest BCUT2D eigenvalue weighted by molar-refractivity contribution is -0.106. The molecule has 0 saturated heterocycles. The van der Waals surface area contributed by atoms with Crippen molar-refractivity contribution < 1.29 is 9.59 Å². The van der Waals surface area contributed by atoms with Gasteiger partial charge in [0.05, 0.1) is 5.41 Å². The first-order chi connectivity index (χ1) is 13.4. The Balaban J connectivity index is 2.28. The van der Waals surface area contributed by atoms with E-state index >= 15 is 0 Å². The molecular weight excluding hydrogens is 354 g/mol. The third-order valence-electron chi connectivity index (χ3n) is 5.33. The number of amidine groups is 1. The lowest BCUT2D eigenvalue weighted by Crippen LogP contribution is -2.46. The lowest BCUT2D eigenvalue weighted by atomic mass is 9.68. The number of fused-ring (bicyclic) bond motifs is 2. The predicted molar refractivity (Wildman–Crippen MR) is 111 cm³/mol. The standard InChI is InChI=1S/C21H25N5O2/c1-13(22)10-21(20(23)24)18-6-4-16(25-11-27)8-14(18)2-3-15-9-17(26-12-28)5-7-19(15)21/h4-9,11-13H,2-3,10,22H2,1H3,(H3,23,24)(H,25,27)(H,26,28)/t13-/m1/s1. The molecule has 146 valence electrons. The topological polar surface area (TPSA) is 134 Å². The fraction of sp³-hybridized carbons (Fsp3) is 0.286. The summed E-state index contributed by atoms with van der Waals surface area (Å²) >= 11 is 0. The maximum Gasteiger partial charge on any atom is 0.211 e. The number of carbonyl (C=O) groups excluding carboxylic acids is 2. The summed E-state index contributed by atoms with van der Waals surface area (Å²) in [6, 6.07) is 11.2. The van der Waals surface area contributed by atoms with Gasteiger partial charge in [-0.2, -0.15) is 0 Å². The molecule has 0 spiro atoms. The van der Waals surface area contributed by atoms with E-state index in [1.807, 2.05) is 43.3 Å². The molecule has 1 aliphatic carbocycles. The molecule has 2 amide bonds. The van der Waals surface area contributed by atoms with Gasteiger partial charge in [0.25, 0.3) is 0 Å². The molecule has 2 aromatic carbocycles. The van der Waals surface area contributed by atoms with Gasteiger partial charge in [-0.05, 0) is 72.7 Å². The number of rotatable bonds is 7. The van der Waals surface area contributed by atoms with Gasteiger partial charge < -0.3 is 22.1 Å². The number of benzene rings is 2. The Morgan fingerprint density at radius 2 is 1.54 bits per heavy atom. The highest BCUT2D eigenvalue weighted by atomic mass is 16.1. The van der Waals surface area contributed by atoms with E-state index in [4.69, 9.17) is 16.9 Å². The molecule has 0 bridgehead atoms. The van der Waals surface area contributed by atoms with Crippen molar-refractivity contribution in [2.45, 2.75) is 37.6 Å². The second-order valence-corrected chi connectivity index (χ2v) is 7.27. The van der Waals surface area contributed by atoms with Gasteiger partial charge in [-0.1, -0.05) is 12.1 Å². The molecule has 0 fully saturated rings. The van der Waals surface area contributed by atoms with Crippen molar-refractivity contribution in [1.29, 1.82) is 5.41 Å². The number of hydrogen-bond donors (Lipinski definition) is 5. The molecule has 0 heterocycles. The smallest absolute Gasteiger partial charge is 0.211 e. The van der Waals surface area contributed by atoms with Crippen LogP contribution in [0.5, 0.6) is 0 Å². The Kier molecular flexibility index (Phi) is 5.46. The molecule has 1 atom stereocenters. The second-order valence-electron chi connectivity index (χ2n) is 7.27. The van der Waals surface area contributed by atoms with E-state index in [9.17, 15) is 9.59 Å². The second kappa shape index (κ2) is 7.82. The summed E-state index contributed by atoms with van der Waals surface area (Å²) in [4.78, 5) is 21.7. The average Bonchev–Trinajstić information content (AvgIpc) is 2.77. The summed E-state index contributed by atoms with van der Waals surface area (Å²) in [6.45, 7) is 1.90. The van der Waals surface area contributed by atoms with Crippen molar-refractivity contribution in [3.05, 3.63) is 58.7 Å². The fourth-order valence-electron chi connectivity index (χ4n) is 4.27. The first-order valence-electron chi connectivity index (χ1n) is 9.19. The van der Waals surface area contributed by atoms with Gasteiger partial charge in [0.1, 0.15) is 5.84 Å². The van der Waals surface area contributed by atoms with E-state index < -0.39 is 5.41 Å². The van der Waals surface area contributed by atoms with E-state index in [1.54, 1.807) is 0 Å². The molecule has 0 aliphatic heterocycles. The van der Waals surface area contributed by atoms with Crippen LogP contribution < -0.4 is 22.1 Å². The summed E-state index contributed by atoms with van der Waals surface area (Å²) in [5.41, 5.74) is 16.9.